The summed E-state index contributed by atoms with van der Waals surface area (Å²) in [5.41, 5.74) is 3.75. The number of anilines is 1. The minimum absolute atomic E-state index is 0.248. The molecule has 232 valence electrons. The standard InChI is InChI=1S/C28H34ClFN4.C7H12FN/c1-4-23-32-26-21-16-31-25(24(26)30)20-14-18(2)15-22(29)19(20)10-7-5-6-8-11-28(3)12-9-13-34(17-28)27(21)33-23;8-6-4-7-2-1-3-9(7)5-6/h14-16H,4-13,17H2,1-3H3;6-7H,1-5H2. The molecule has 0 saturated carbocycles. The average molecular weight is 610 g/mol. The van der Waals surface area contributed by atoms with E-state index in [4.69, 9.17) is 16.6 Å². The van der Waals surface area contributed by atoms with Gasteiger partial charge in [0, 0.05) is 48.9 Å². The second-order valence-electron chi connectivity index (χ2n) is 13.6. The summed E-state index contributed by atoms with van der Waals surface area (Å²) >= 11 is 6.70. The maximum Gasteiger partial charge on any atom is 0.175 e. The number of rotatable bonds is 1. The smallest absolute Gasteiger partial charge is 0.175 e. The lowest BCUT2D eigenvalue weighted by Crippen LogP contribution is -2.42. The van der Waals surface area contributed by atoms with Crippen LogP contribution in [0.15, 0.2) is 18.3 Å². The van der Waals surface area contributed by atoms with Crippen molar-refractivity contribution in [2.45, 2.75) is 110 Å². The van der Waals surface area contributed by atoms with Gasteiger partial charge in [-0.05, 0) is 93.5 Å². The first-order chi connectivity index (χ1) is 20.7. The zero-order valence-electron chi connectivity index (χ0n) is 26.1. The quantitative estimate of drug-likeness (QED) is 0.276. The first kappa shape index (κ1) is 30.6. The van der Waals surface area contributed by atoms with Gasteiger partial charge in [-0.15, -0.1) is 0 Å². The molecule has 0 spiro atoms. The van der Waals surface area contributed by atoms with Gasteiger partial charge >= 0.3 is 0 Å². The van der Waals surface area contributed by atoms with Crippen molar-refractivity contribution in [3.05, 3.63) is 46.1 Å². The molecule has 0 radical (unpaired) electrons. The third kappa shape index (κ3) is 6.54. The fraction of sp³-hybridized carbons (Fsp3) is 0.629. The fourth-order valence-electron chi connectivity index (χ4n) is 7.85. The van der Waals surface area contributed by atoms with E-state index in [1.807, 2.05) is 26.0 Å². The van der Waals surface area contributed by atoms with Crippen molar-refractivity contribution in [2.75, 3.05) is 31.1 Å². The molecule has 3 fully saturated rings. The minimum Gasteiger partial charge on any atom is -0.355 e. The number of pyridine rings is 1. The van der Waals surface area contributed by atoms with Crippen molar-refractivity contribution < 1.29 is 8.78 Å². The number of piperidine rings is 1. The highest BCUT2D eigenvalue weighted by Gasteiger charge is 2.35. The van der Waals surface area contributed by atoms with Crippen LogP contribution in [-0.2, 0) is 12.8 Å². The molecule has 0 N–H and O–H groups in total. The van der Waals surface area contributed by atoms with E-state index >= 15 is 4.39 Å². The molecule has 0 amide bonds. The molecule has 5 aliphatic heterocycles. The molecule has 3 aromatic rings. The number of aryl methyl sites for hydroxylation is 2. The van der Waals surface area contributed by atoms with Gasteiger partial charge < -0.3 is 4.90 Å². The molecule has 1 aromatic carbocycles. The van der Waals surface area contributed by atoms with Crippen molar-refractivity contribution in [3.63, 3.8) is 0 Å². The maximum atomic E-state index is 16.2. The zero-order chi connectivity index (χ0) is 30.1. The highest BCUT2D eigenvalue weighted by molar-refractivity contribution is 6.31. The Balaban J connectivity index is 0.000000310. The summed E-state index contributed by atoms with van der Waals surface area (Å²) in [4.78, 5) is 18.9. The predicted molar refractivity (Wildman–Crippen MR) is 172 cm³/mol. The molecule has 43 heavy (non-hydrogen) atoms. The second-order valence-corrected chi connectivity index (χ2v) is 14.1. The molecule has 2 aromatic heterocycles. The fourth-order valence-corrected chi connectivity index (χ4v) is 8.21. The van der Waals surface area contributed by atoms with Gasteiger partial charge in [-0.25, -0.2) is 18.7 Å². The Kier molecular flexibility index (Phi) is 9.21. The van der Waals surface area contributed by atoms with Crippen LogP contribution < -0.4 is 4.90 Å². The van der Waals surface area contributed by atoms with Crippen LogP contribution in [0.5, 0.6) is 0 Å². The van der Waals surface area contributed by atoms with Crippen molar-refractivity contribution in [3.8, 4) is 11.3 Å². The average Bonchev–Trinajstić information content (AvgIpc) is 3.56. The lowest BCUT2D eigenvalue weighted by Gasteiger charge is -2.41. The molecule has 0 aliphatic carbocycles. The van der Waals surface area contributed by atoms with Gasteiger partial charge in [0.15, 0.2) is 5.82 Å². The molecule has 5 aliphatic rings. The van der Waals surface area contributed by atoms with E-state index in [-0.39, 0.29) is 11.2 Å². The Bertz CT molecular complexity index is 1450. The van der Waals surface area contributed by atoms with Crippen LogP contribution in [-0.4, -0.2) is 58.2 Å². The molecule has 3 unspecified atom stereocenters. The van der Waals surface area contributed by atoms with Gasteiger partial charge in [0.05, 0.1) is 5.39 Å². The van der Waals surface area contributed by atoms with E-state index in [1.54, 1.807) is 6.20 Å². The first-order valence-electron chi connectivity index (χ1n) is 16.5. The normalized spacial score (nSPS) is 26.0. The van der Waals surface area contributed by atoms with Crippen molar-refractivity contribution in [1.29, 1.82) is 0 Å². The molecule has 8 rings (SSSR count). The lowest BCUT2D eigenvalue weighted by atomic mass is 9.77. The number of alkyl halides is 1. The Morgan fingerprint density at radius 3 is 2.67 bits per heavy atom. The van der Waals surface area contributed by atoms with E-state index in [0.717, 1.165) is 74.2 Å². The number of nitrogens with zero attached hydrogens (tertiary/aromatic N) is 5. The molecular formula is C35H46ClF2N5. The van der Waals surface area contributed by atoms with Gasteiger partial charge in [-0.1, -0.05) is 44.7 Å². The number of fused-ring (bicyclic) bond motifs is 7. The Hall–Kier alpha value is -2.38. The van der Waals surface area contributed by atoms with Crippen LogP contribution >= 0.6 is 11.6 Å². The van der Waals surface area contributed by atoms with Crippen LogP contribution in [0.3, 0.4) is 0 Å². The van der Waals surface area contributed by atoms with Crippen LogP contribution in [0.1, 0.15) is 95.0 Å². The number of hydrogen-bond donors (Lipinski definition) is 0. The number of hydrogen-bond acceptors (Lipinski definition) is 5. The molecule has 8 heteroatoms. The van der Waals surface area contributed by atoms with Gasteiger partial charge in [0.2, 0.25) is 0 Å². The van der Waals surface area contributed by atoms with E-state index in [9.17, 15) is 4.39 Å². The molecule has 5 nitrogen and oxygen atoms in total. The summed E-state index contributed by atoms with van der Waals surface area (Å²) in [6.45, 7) is 10.2. The van der Waals surface area contributed by atoms with Crippen LogP contribution in [0.25, 0.3) is 22.2 Å². The predicted octanol–water partition coefficient (Wildman–Crippen LogP) is 8.66. The van der Waals surface area contributed by atoms with Gasteiger partial charge in [0.25, 0.3) is 0 Å². The highest BCUT2D eigenvalue weighted by atomic mass is 35.5. The topological polar surface area (TPSA) is 45.2 Å². The number of aromatic nitrogens is 3. The summed E-state index contributed by atoms with van der Waals surface area (Å²) in [6, 6.07) is 4.60. The van der Waals surface area contributed by atoms with Crippen molar-refractivity contribution >= 4 is 28.3 Å². The van der Waals surface area contributed by atoms with Gasteiger partial charge in [-0.2, -0.15) is 0 Å². The molecule has 3 atom stereocenters. The minimum atomic E-state index is -0.518. The Morgan fingerprint density at radius 2 is 1.86 bits per heavy atom. The molecule has 6 bridgehead atoms. The summed E-state index contributed by atoms with van der Waals surface area (Å²) < 4.78 is 28.8. The van der Waals surface area contributed by atoms with E-state index in [1.165, 1.54) is 38.5 Å². The van der Waals surface area contributed by atoms with Crippen molar-refractivity contribution in [2.24, 2.45) is 5.41 Å². The summed E-state index contributed by atoms with van der Waals surface area (Å²) in [5, 5.41) is 1.40. The summed E-state index contributed by atoms with van der Waals surface area (Å²) in [6.07, 6.45) is 14.3. The van der Waals surface area contributed by atoms with Crippen LogP contribution in [0, 0.1) is 18.2 Å². The van der Waals surface area contributed by atoms with E-state index in [0.29, 0.717) is 46.5 Å². The molecule has 7 heterocycles. The van der Waals surface area contributed by atoms with E-state index in [2.05, 4.69) is 26.7 Å². The maximum absolute atomic E-state index is 16.2. The Labute approximate surface area is 260 Å². The van der Waals surface area contributed by atoms with Crippen molar-refractivity contribution in [1.82, 2.24) is 19.9 Å². The van der Waals surface area contributed by atoms with Crippen LogP contribution in [0.4, 0.5) is 14.6 Å². The number of halogens is 3. The van der Waals surface area contributed by atoms with Gasteiger partial charge in [-0.3, -0.25) is 9.88 Å². The largest absolute Gasteiger partial charge is 0.355 e. The number of benzene rings is 1. The first-order valence-corrected chi connectivity index (χ1v) is 16.9. The molecule has 3 saturated heterocycles. The monoisotopic (exact) mass is 609 g/mol. The SMILES string of the molecule is CCc1nc2c3cnc(c(F)c3n1)-c1cc(C)cc(Cl)c1CCCCCCC1(C)CCCN2C1.FC1CC2CCCN2C1. The highest BCUT2D eigenvalue weighted by Crippen LogP contribution is 2.40. The van der Waals surface area contributed by atoms with Gasteiger partial charge in [0.1, 0.15) is 29.0 Å². The lowest BCUT2D eigenvalue weighted by molar-refractivity contribution is 0.232. The third-order valence-electron chi connectivity index (χ3n) is 10.1. The Morgan fingerprint density at radius 1 is 1.05 bits per heavy atom. The third-order valence-corrected chi connectivity index (χ3v) is 10.5. The zero-order valence-corrected chi connectivity index (χ0v) is 26.8. The van der Waals surface area contributed by atoms with E-state index < -0.39 is 6.17 Å². The second kappa shape index (κ2) is 12.9. The summed E-state index contributed by atoms with van der Waals surface area (Å²) in [7, 11) is 0. The summed E-state index contributed by atoms with van der Waals surface area (Å²) in [5.74, 6) is 1.14. The van der Waals surface area contributed by atoms with Crippen LogP contribution in [0.2, 0.25) is 5.02 Å². The molecular weight excluding hydrogens is 564 g/mol.